The number of esters is 1. The molecule has 0 fully saturated rings. The Hall–Kier alpha value is -1.85. The Bertz CT molecular complexity index is 398. The van der Waals surface area contributed by atoms with Crippen molar-refractivity contribution in [2.24, 2.45) is 5.92 Å². The van der Waals surface area contributed by atoms with Gasteiger partial charge in [0.2, 0.25) is 11.7 Å². The number of methoxy groups -OCH3 is 1. The average Bonchev–Trinajstić information content (AvgIpc) is 2.31. The molecule has 6 heteroatoms. The van der Waals surface area contributed by atoms with Gasteiger partial charge >= 0.3 is 5.97 Å². The largest absolute Gasteiger partial charge is 0.490 e. The topological polar surface area (TPSA) is 81.7 Å². The number of hydrogen-bond donors (Lipinski definition) is 1. The SMILES string of the molecule is CO/C(=C\C(=O)NC(C(C)=O)C(C)C)C(=O)OC(C)C. The number of amides is 1. The number of Topliss-reactive ketones (excluding diaryl/α,β-unsaturated/α-hetero) is 1. The van der Waals surface area contributed by atoms with E-state index in [9.17, 15) is 14.4 Å². The molecule has 1 unspecified atom stereocenters. The number of ether oxygens (including phenoxy) is 2. The van der Waals surface area contributed by atoms with Crippen molar-refractivity contribution in [2.75, 3.05) is 7.11 Å². The predicted molar refractivity (Wildman–Crippen MR) is 73.8 cm³/mol. The molecule has 6 nitrogen and oxygen atoms in total. The van der Waals surface area contributed by atoms with Crippen LogP contribution >= 0.6 is 0 Å². The summed E-state index contributed by atoms with van der Waals surface area (Å²) < 4.78 is 9.75. The van der Waals surface area contributed by atoms with Gasteiger partial charge in [-0.15, -0.1) is 0 Å². The molecule has 0 aromatic rings. The average molecular weight is 285 g/mol. The van der Waals surface area contributed by atoms with E-state index in [0.717, 1.165) is 6.08 Å². The van der Waals surface area contributed by atoms with Crippen molar-refractivity contribution in [1.29, 1.82) is 0 Å². The first-order valence-corrected chi connectivity index (χ1v) is 6.46. The van der Waals surface area contributed by atoms with Crippen LogP contribution in [0.3, 0.4) is 0 Å². The van der Waals surface area contributed by atoms with Crippen LogP contribution in [0.1, 0.15) is 34.6 Å². The zero-order chi connectivity index (χ0) is 15.9. The Kier molecular flexibility index (Phi) is 7.57. The van der Waals surface area contributed by atoms with Gasteiger partial charge in [0, 0.05) is 0 Å². The quantitative estimate of drug-likeness (QED) is 0.432. The number of ketones is 1. The molecule has 0 aromatic heterocycles. The molecule has 0 aromatic carbocycles. The van der Waals surface area contributed by atoms with E-state index in [0.29, 0.717) is 0 Å². The van der Waals surface area contributed by atoms with Gasteiger partial charge in [0.25, 0.3) is 0 Å². The third-order valence-electron chi connectivity index (χ3n) is 2.43. The monoisotopic (exact) mass is 285 g/mol. The number of hydrogen-bond acceptors (Lipinski definition) is 5. The lowest BCUT2D eigenvalue weighted by molar-refractivity contribution is -0.146. The fraction of sp³-hybridized carbons (Fsp3) is 0.643. The highest BCUT2D eigenvalue weighted by atomic mass is 16.6. The summed E-state index contributed by atoms with van der Waals surface area (Å²) in [6, 6.07) is -0.599. The fourth-order valence-corrected chi connectivity index (χ4v) is 1.53. The van der Waals surface area contributed by atoms with Crippen molar-refractivity contribution < 1.29 is 23.9 Å². The Morgan fingerprint density at radius 2 is 1.65 bits per heavy atom. The van der Waals surface area contributed by atoms with Crippen LogP contribution in [-0.4, -0.2) is 36.9 Å². The molecule has 0 bridgehead atoms. The first-order chi connectivity index (χ1) is 9.18. The van der Waals surface area contributed by atoms with E-state index in [2.05, 4.69) is 5.32 Å². The molecular weight excluding hydrogens is 262 g/mol. The number of carbonyl (C=O) groups excluding carboxylic acids is 3. The lowest BCUT2D eigenvalue weighted by Gasteiger charge is -2.18. The third-order valence-corrected chi connectivity index (χ3v) is 2.43. The Balaban J connectivity index is 4.86. The van der Waals surface area contributed by atoms with Gasteiger partial charge in [-0.25, -0.2) is 4.79 Å². The second-order valence-electron chi connectivity index (χ2n) is 5.01. The molecule has 1 atom stereocenters. The molecule has 1 amide bonds. The van der Waals surface area contributed by atoms with Gasteiger partial charge in [0.1, 0.15) is 0 Å². The minimum absolute atomic E-state index is 0.0431. The minimum atomic E-state index is -0.721. The van der Waals surface area contributed by atoms with Crippen LogP contribution in [0.4, 0.5) is 0 Å². The van der Waals surface area contributed by atoms with Gasteiger partial charge in [-0.05, 0) is 26.7 Å². The smallest absolute Gasteiger partial charge is 0.374 e. The van der Waals surface area contributed by atoms with Crippen LogP contribution in [0, 0.1) is 5.92 Å². The highest BCUT2D eigenvalue weighted by Crippen LogP contribution is 2.05. The van der Waals surface area contributed by atoms with Gasteiger partial charge in [-0.1, -0.05) is 13.8 Å². The van der Waals surface area contributed by atoms with Crippen molar-refractivity contribution in [3.8, 4) is 0 Å². The molecule has 0 radical (unpaired) electrons. The van der Waals surface area contributed by atoms with Crippen LogP contribution in [0.5, 0.6) is 0 Å². The highest BCUT2D eigenvalue weighted by Gasteiger charge is 2.21. The molecule has 114 valence electrons. The molecule has 0 rings (SSSR count). The van der Waals surface area contributed by atoms with Gasteiger partial charge in [-0.2, -0.15) is 0 Å². The Morgan fingerprint density at radius 3 is 2.00 bits per heavy atom. The van der Waals surface area contributed by atoms with E-state index >= 15 is 0 Å². The summed E-state index contributed by atoms with van der Waals surface area (Å²) >= 11 is 0. The molecule has 0 spiro atoms. The van der Waals surface area contributed by atoms with Crippen molar-refractivity contribution in [1.82, 2.24) is 5.32 Å². The molecule has 0 saturated heterocycles. The lowest BCUT2D eigenvalue weighted by atomic mass is 10.0. The van der Waals surface area contributed by atoms with E-state index in [1.54, 1.807) is 13.8 Å². The standard InChI is InChI=1S/C14H23NO5/c1-8(2)13(10(5)16)15-12(17)7-11(19-6)14(18)20-9(3)4/h7-9,13H,1-6H3,(H,15,17)/b11-7-. The zero-order valence-electron chi connectivity index (χ0n) is 12.9. The van der Waals surface area contributed by atoms with Crippen LogP contribution < -0.4 is 5.32 Å². The maximum atomic E-state index is 11.8. The number of carbonyl (C=O) groups is 3. The second kappa shape index (κ2) is 8.35. The Morgan fingerprint density at radius 1 is 1.10 bits per heavy atom. The van der Waals surface area contributed by atoms with Crippen molar-refractivity contribution in [3.05, 3.63) is 11.8 Å². The van der Waals surface area contributed by atoms with Gasteiger partial charge in [-0.3, -0.25) is 9.59 Å². The van der Waals surface area contributed by atoms with Crippen LogP contribution in [0.25, 0.3) is 0 Å². The third kappa shape index (κ3) is 6.36. The first-order valence-electron chi connectivity index (χ1n) is 6.46. The number of nitrogens with one attached hydrogen (secondary N) is 1. The molecule has 0 aliphatic heterocycles. The van der Waals surface area contributed by atoms with Crippen molar-refractivity contribution in [2.45, 2.75) is 46.8 Å². The maximum Gasteiger partial charge on any atom is 0.374 e. The van der Waals surface area contributed by atoms with E-state index in [-0.39, 0.29) is 23.6 Å². The molecular formula is C14H23NO5. The van der Waals surface area contributed by atoms with Gasteiger partial charge in [0.05, 0.1) is 25.3 Å². The second-order valence-corrected chi connectivity index (χ2v) is 5.01. The summed E-state index contributed by atoms with van der Waals surface area (Å²) in [5.74, 6) is -1.69. The van der Waals surface area contributed by atoms with Gasteiger partial charge < -0.3 is 14.8 Å². The van der Waals surface area contributed by atoms with Crippen molar-refractivity contribution in [3.63, 3.8) is 0 Å². The molecule has 0 heterocycles. The van der Waals surface area contributed by atoms with Crippen LogP contribution in [0.2, 0.25) is 0 Å². The lowest BCUT2D eigenvalue weighted by Crippen LogP contribution is -2.42. The van der Waals surface area contributed by atoms with Crippen LogP contribution in [0.15, 0.2) is 11.8 Å². The summed E-state index contributed by atoms with van der Waals surface area (Å²) in [7, 11) is 1.27. The molecule has 0 aliphatic rings. The van der Waals surface area contributed by atoms with Crippen molar-refractivity contribution >= 4 is 17.7 Å². The molecule has 20 heavy (non-hydrogen) atoms. The first kappa shape index (κ1) is 18.1. The van der Waals surface area contributed by atoms with E-state index in [1.165, 1.54) is 14.0 Å². The number of rotatable bonds is 7. The van der Waals surface area contributed by atoms with E-state index < -0.39 is 17.9 Å². The molecule has 1 N–H and O–H groups in total. The Labute approximate surface area is 119 Å². The summed E-state index contributed by atoms with van der Waals surface area (Å²) in [5.41, 5.74) is 0. The summed E-state index contributed by atoms with van der Waals surface area (Å²) in [6.45, 7) is 8.42. The zero-order valence-corrected chi connectivity index (χ0v) is 12.9. The highest BCUT2D eigenvalue weighted by molar-refractivity contribution is 5.99. The summed E-state index contributed by atoms with van der Waals surface area (Å²) in [5, 5.41) is 2.54. The molecule has 0 aliphatic carbocycles. The maximum absolute atomic E-state index is 11.8. The summed E-state index contributed by atoms with van der Waals surface area (Å²) in [6.07, 6.45) is 0.674. The normalized spacial score (nSPS) is 13.1. The van der Waals surface area contributed by atoms with Gasteiger partial charge in [0.15, 0.2) is 5.78 Å². The fourth-order valence-electron chi connectivity index (χ4n) is 1.53. The predicted octanol–water partition coefficient (Wildman–Crippen LogP) is 1.20. The van der Waals surface area contributed by atoms with Crippen LogP contribution in [-0.2, 0) is 23.9 Å². The molecule has 0 saturated carbocycles. The van der Waals surface area contributed by atoms with E-state index in [4.69, 9.17) is 9.47 Å². The van der Waals surface area contributed by atoms with E-state index in [1.807, 2.05) is 13.8 Å². The summed E-state index contributed by atoms with van der Waals surface area (Å²) in [4.78, 5) is 34.8. The minimum Gasteiger partial charge on any atom is -0.490 e.